The van der Waals surface area contributed by atoms with E-state index in [9.17, 15) is 27.6 Å². The van der Waals surface area contributed by atoms with Crippen LogP contribution in [0.4, 0.5) is 10.7 Å². The van der Waals surface area contributed by atoms with Crippen LogP contribution in [-0.2, 0) is 42.4 Å². The topological polar surface area (TPSA) is 221 Å². The minimum absolute atomic E-state index is 0.0853. The fraction of sp³-hybridized carbons (Fsp3) is 0.528. The van der Waals surface area contributed by atoms with E-state index in [2.05, 4.69) is 67.0 Å². The number of benzene rings is 2. The Morgan fingerprint density at radius 1 is 1.07 bits per heavy atom. The first-order valence-electron chi connectivity index (χ1n) is 18.2. The maximum Gasteiger partial charge on any atom is 0.408 e. The number of nitrogens with zero attached hydrogens (tertiary/aromatic N) is 5. The molecule has 288 valence electrons. The summed E-state index contributed by atoms with van der Waals surface area (Å²) in [7, 11) is -4.51. The molecule has 1 aromatic heterocycles. The molecule has 3 heterocycles. The number of hydrogen-bond acceptors (Lipinski definition) is 11. The zero-order chi connectivity index (χ0) is 38.4. The Morgan fingerprint density at radius 2 is 1.76 bits per heavy atom. The van der Waals surface area contributed by atoms with Gasteiger partial charge in [-0.15, -0.1) is 11.7 Å². The van der Waals surface area contributed by atoms with Crippen LogP contribution in [0.2, 0.25) is 0 Å². The van der Waals surface area contributed by atoms with Crippen LogP contribution in [-0.4, -0.2) is 99.0 Å². The van der Waals surface area contributed by atoms with E-state index in [1.165, 1.54) is 16.4 Å². The Morgan fingerprint density at radius 3 is 2.35 bits per heavy atom. The standard InChI is InChI=1S/C36H46N10O7S/c1-5-24-17-36(24,32(49)41-54(51,52)42-33-39-43-44-40-33)38-30(47)27-16-25(45-18-22-12-8-10-21-11-9-13-23(19-45)28(21)22)20-46(27)31(48)29(35(2,3)4)37-34(50)53-26-14-6-7-15-26/h5,8-13,24-27,29H,1,6-7,14-20H2,2-4H3,(H,37,50)(H,38,47)(H,41,49)(H2,39,40,42,43,44)/t24-,25-,27+,29-,36-/m1/s1. The summed E-state index contributed by atoms with van der Waals surface area (Å²) in [5.74, 6) is -3.06. The van der Waals surface area contributed by atoms with Gasteiger partial charge in [0, 0.05) is 31.6 Å². The first kappa shape index (κ1) is 37.2. The number of amides is 4. The maximum atomic E-state index is 14.7. The van der Waals surface area contributed by atoms with Crippen molar-refractivity contribution in [2.24, 2.45) is 11.3 Å². The number of aromatic nitrogens is 4. The van der Waals surface area contributed by atoms with Gasteiger partial charge in [-0.3, -0.25) is 19.3 Å². The molecule has 7 rings (SSSR count). The molecule has 3 fully saturated rings. The molecule has 0 unspecified atom stereocenters. The number of carbonyl (C=O) groups excluding carboxylic acids is 4. The molecule has 3 aromatic rings. The summed E-state index contributed by atoms with van der Waals surface area (Å²) in [6.07, 6.45) is 4.34. The summed E-state index contributed by atoms with van der Waals surface area (Å²) in [4.78, 5) is 59.7. The third-order valence-electron chi connectivity index (χ3n) is 11.0. The molecule has 0 bridgehead atoms. The number of carbonyl (C=O) groups is 4. The number of tetrazole rings is 1. The van der Waals surface area contributed by atoms with Gasteiger partial charge in [-0.05, 0) is 71.1 Å². The molecule has 5 N–H and O–H groups in total. The van der Waals surface area contributed by atoms with Crippen LogP contribution in [0.3, 0.4) is 0 Å². The summed E-state index contributed by atoms with van der Waals surface area (Å²) in [5.41, 5.74) is -0.135. The smallest absolute Gasteiger partial charge is 0.408 e. The lowest BCUT2D eigenvalue weighted by Crippen LogP contribution is -2.60. The normalized spacial score (nSPS) is 24.8. The predicted octanol–water partition coefficient (Wildman–Crippen LogP) is 2.26. The first-order valence-corrected chi connectivity index (χ1v) is 19.7. The molecule has 1 saturated heterocycles. The Hall–Kier alpha value is -5.10. The van der Waals surface area contributed by atoms with Crippen molar-refractivity contribution < 1.29 is 32.3 Å². The fourth-order valence-corrected chi connectivity index (χ4v) is 8.92. The largest absolute Gasteiger partial charge is 0.446 e. The minimum atomic E-state index is -4.51. The van der Waals surface area contributed by atoms with Gasteiger partial charge in [0.05, 0.1) is 0 Å². The SMILES string of the molecule is C=C[C@@H]1C[C@]1(NC(=O)[C@@H]1C[C@@H](N2Cc3cccc4cccc(c34)C2)CN1C(=O)[C@@H](NC(=O)OC1CCCC1)C(C)(C)C)C(=O)NS(=O)(=O)Nc1nn[nH]n1. The quantitative estimate of drug-likeness (QED) is 0.178. The number of nitrogens with one attached hydrogen (secondary N) is 5. The average molecular weight is 763 g/mol. The molecular weight excluding hydrogens is 717 g/mol. The van der Waals surface area contributed by atoms with Gasteiger partial charge in [0.25, 0.3) is 11.9 Å². The Bertz CT molecular complexity index is 2020. The van der Waals surface area contributed by atoms with Crippen LogP contribution in [0.5, 0.6) is 0 Å². The molecule has 2 saturated carbocycles. The second-order valence-electron chi connectivity index (χ2n) is 15.8. The molecule has 17 nitrogen and oxygen atoms in total. The van der Waals surface area contributed by atoms with Gasteiger partial charge in [-0.25, -0.2) is 14.2 Å². The van der Waals surface area contributed by atoms with Gasteiger partial charge < -0.3 is 20.3 Å². The molecule has 2 aliphatic heterocycles. The lowest BCUT2D eigenvalue weighted by Gasteiger charge is -2.36. The summed E-state index contributed by atoms with van der Waals surface area (Å²) in [6.45, 7) is 10.6. The van der Waals surface area contributed by atoms with Gasteiger partial charge in [-0.1, -0.05) is 68.3 Å². The van der Waals surface area contributed by atoms with E-state index in [-0.39, 0.29) is 37.5 Å². The van der Waals surface area contributed by atoms with Crippen LogP contribution in [0.25, 0.3) is 10.8 Å². The van der Waals surface area contributed by atoms with Crippen LogP contribution in [0, 0.1) is 11.3 Å². The van der Waals surface area contributed by atoms with E-state index in [1.54, 1.807) is 0 Å². The van der Waals surface area contributed by atoms with Crippen molar-refractivity contribution in [2.45, 2.75) is 102 Å². The zero-order valence-corrected chi connectivity index (χ0v) is 31.3. The van der Waals surface area contributed by atoms with E-state index in [4.69, 9.17) is 4.74 Å². The summed E-state index contributed by atoms with van der Waals surface area (Å²) in [6, 6.07) is 10.0. The van der Waals surface area contributed by atoms with Crippen molar-refractivity contribution in [3.8, 4) is 0 Å². The van der Waals surface area contributed by atoms with Crippen molar-refractivity contribution in [2.75, 3.05) is 11.3 Å². The Labute approximate surface area is 313 Å². The summed E-state index contributed by atoms with van der Waals surface area (Å²) >= 11 is 0. The summed E-state index contributed by atoms with van der Waals surface area (Å²) in [5, 5.41) is 20.4. The monoisotopic (exact) mass is 762 g/mol. The highest BCUT2D eigenvalue weighted by Gasteiger charge is 2.61. The van der Waals surface area contributed by atoms with Gasteiger partial charge in [0.1, 0.15) is 23.7 Å². The third kappa shape index (κ3) is 7.48. The summed E-state index contributed by atoms with van der Waals surface area (Å²) < 4.78 is 35.2. The highest BCUT2D eigenvalue weighted by molar-refractivity contribution is 7.91. The van der Waals surface area contributed by atoms with E-state index < -0.39 is 63.0 Å². The second-order valence-corrected chi connectivity index (χ2v) is 17.2. The second kappa shape index (κ2) is 14.3. The number of hydrogen-bond donors (Lipinski definition) is 5. The molecule has 0 radical (unpaired) electrons. The number of aromatic amines is 1. The number of ether oxygens (including phenoxy) is 1. The maximum absolute atomic E-state index is 14.7. The number of alkyl carbamates (subject to hydrolysis) is 1. The first-order chi connectivity index (χ1) is 25.7. The highest BCUT2D eigenvalue weighted by Crippen LogP contribution is 2.45. The van der Waals surface area contributed by atoms with Crippen molar-refractivity contribution in [1.82, 2.24) is 45.8 Å². The molecule has 18 heteroatoms. The highest BCUT2D eigenvalue weighted by atomic mass is 32.2. The van der Waals surface area contributed by atoms with Crippen LogP contribution < -0.4 is 20.1 Å². The number of likely N-dealkylation sites (tertiary alicyclic amines) is 1. The van der Waals surface area contributed by atoms with Crippen LogP contribution >= 0.6 is 0 Å². The molecule has 2 aromatic carbocycles. The van der Waals surface area contributed by atoms with Crippen molar-refractivity contribution >= 4 is 50.7 Å². The molecule has 5 atom stereocenters. The Kier molecular flexibility index (Phi) is 9.84. The van der Waals surface area contributed by atoms with Gasteiger partial charge in [0.15, 0.2) is 0 Å². The Balaban J connectivity index is 1.15. The van der Waals surface area contributed by atoms with Crippen molar-refractivity contribution in [3.63, 3.8) is 0 Å². The van der Waals surface area contributed by atoms with Gasteiger partial charge >= 0.3 is 16.3 Å². The molecule has 4 aliphatic rings. The van der Waals surface area contributed by atoms with Crippen LogP contribution in [0.15, 0.2) is 49.1 Å². The predicted molar refractivity (Wildman–Crippen MR) is 196 cm³/mol. The number of rotatable bonds is 11. The average Bonchev–Trinajstić information content (AvgIpc) is 3.59. The van der Waals surface area contributed by atoms with E-state index >= 15 is 0 Å². The van der Waals surface area contributed by atoms with Crippen LogP contribution in [0.1, 0.15) is 70.4 Å². The molecule has 54 heavy (non-hydrogen) atoms. The molecular formula is C36H46N10O7S. The lowest BCUT2D eigenvalue weighted by atomic mass is 9.85. The minimum Gasteiger partial charge on any atom is -0.446 e. The fourth-order valence-electron chi connectivity index (χ4n) is 8.11. The molecule has 4 amide bonds. The van der Waals surface area contributed by atoms with Gasteiger partial charge in [-0.2, -0.15) is 13.6 Å². The van der Waals surface area contributed by atoms with Gasteiger partial charge in [0.2, 0.25) is 11.8 Å². The van der Waals surface area contributed by atoms with E-state index in [0.717, 1.165) is 42.2 Å². The molecule has 2 aliphatic carbocycles. The zero-order valence-electron chi connectivity index (χ0n) is 30.5. The number of H-pyrrole nitrogens is 1. The third-order valence-corrected chi connectivity index (χ3v) is 11.9. The van der Waals surface area contributed by atoms with E-state index in [1.807, 2.05) is 42.3 Å². The number of anilines is 1. The van der Waals surface area contributed by atoms with E-state index in [0.29, 0.717) is 13.1 Å². The van der Waals surface area contributed by atoms with Crippen molar-refractivity contribution in [1.29, 1.82) is 0 Å². The van der Waals surface area contributed by atoms with Crippen molar-refractivity contribution in [3.05, 3.63) is 60.2 Å². The lowest BCUT2D eigenvalue weighted by molar-refractivity contribution is -0.142. The molecule has 0 spiro atoms.